The van der Waals surface area contributed by atoms with Crippen molar-refractivity contribution in [1.29, 1.82) is 10.5 Å². The largest absolute Gasteiger partial charge is 0.277 e. The molecule has 5 heteroatoms. The zero-order chi connectivity index (χ0) is 11.4. The maximum atomic E-state index is 10.8. The van der Waals surface area contributed by atoms with Crippen molar-refractivity contribution in [3.05, 3.63) is 38.9 Å². The van der Waals surface area contributed by atoms with Crippen molar-refractivity contribution in [1.82, 2.24) is 0 Å². The lowest BCUT2D eigenvalue weighted by atomic mass is 10.0. The molecule has 0 atom stereocenters. The average Bonchev–Trinajstić information content (AvgIpc) is 2.18. The van der Waals surface area contributed by atoms with Gasteiger partial charge in [-0.25, -0.2) is 0 Å². The fourth-order valence-electron chi connectivity index (χ4n) is 1.36. The van der Waals surface area contributed by atoms with Gasteiger partial charge in [0.15, 0.2) is 0 Å². The van der Waals surface area contributed by atoms with Crippen molar-refractivity contribution in [3.63, 3.8) is 0 Å². The van der Waals surface area contributed by atoms with E-state index in [-0.39, 0.29) is 17.7 Å². The molecule has 15 heavy (non-hydrogen) atoms. The molecular formula is C10H7N3O2. The van der Waals surface area contributed by atoms with Gasteiger partial charge in [0.2, 0.25) is 0 Å². The molecule has 0 fully saturated rings. The van der Waals surface area contributed by atoms with Crippen molar-refractivity contribution in [3.8, 4) is 12.1 Å². The SMILES string of the molecule is Cc1c(C#N)ccc(CC#N)c1[N+](=O)[O-]. The second-order valence-corrected chi connectivity index (χ2v) is 2.95. The van der Waals surface area contributed by atoms with Crippen LogP contribution in [0.4, 0.5) is 5.69 Å². The van der Waals surface area contributed by atoms with E-state index in [2.05, 4.69) is 0 Å². The number of nitro groups is 1. The molecule has 0 saturated carbocycles. The Bertz CT molecular complexity index is 495. The summed E-state index contributed by atoms with van der Waals surface area (Å²) in [5.41, 5.74) is 0.799. The molecule has 0 bridgehead atoms. The van der Waals surface area contributed by atoms with Crippen molar-refractivity contribution < 1.29 is 4.92 Å². The molecule has 1 aromatic rings. The second kappa shape index (κ2) is 4.21. The molecule has 0 aliphatic rings. The van der Waals surface area contributed by atoms with Gasteiger partial charge in [-0.15, -0.1) is 0 Å². The van der Waals surface area contributed by atoms with Crippen molar-refractivity contribution in [2.45, 2.75) is 13.3 Å². The highest BCUT2D eigenvalue weighted by atomic mass is 16.6. The van der Waals surface area contributed by atoms with E-state index in [1.165, 1.54) is 19.1 Å². The van der Waals surface area contributed by atoms with Crippen LogP contribution in [-0.4, -0.2) is 4.92 Å². The minimum absolute atomic E-state index is 0.0249. The van der Waals surface area contributed by atoms with Crippen LogP contribution in [0.3, 0.4) is 0 Å². The van der Waals surface area contributed by atoms with Gasteiger partial charge >= 0.3 is 0 Å². The number of benzene rings is 1. The van der Waals surface area contributed by atoms with Gasteiger partial charge in [0.05, 0.1) is 29.0 Å². The third-order valence-corrected chi connectivity index (χ3v) is 2.09. The molecule has 0 amide bonds. The average molecular weight is 201 g/mol. The molecule has 0 spiro atoms. The normalized spacial score (nSPS) is 9.00. The predicted octanol–water partition coefficient (Wildman–Crippen LogP) is 1.84. The Balaban J connectivity index is 3.47. The fourth-order valence-corrected chi connectivity index (χ4v) is 1.36. The Morgan fingerprint density at radius 1 is 1.47 bits per heavy atom. The van der Waals surface area contributed by atoms with Crippen LogP contribution < -0.4 is 0 Å². The number of nitro benzene ring substituents is 1. The molecular weight excluding hydrogens is 194 g/mol. The summed E-state index contributed by atoms with van der Waals surface area (Å²) in [5, 5.41) is 28.0. The molecule has 0 unspecified atom stereocenters. The van der Waals surface area contributed by atoms with Gasteiger partial charge in [-0.2, -0.15) is 10.5 Å². The van der Waals surface area contributed by atoms with E-state index >= 15 is 0 Å². The highest BCUT2D eigenvalue weighted by molar-refractivity contribution is 5.55. The number of hydrogen-bond donors (Lipinski definition) is 0. The molecule has 0 aliphatic carbocycles. The molecule has 1 aromatic carbocycles. The molecule has 0 aliphatic heterocycles. The summed E-state index contributed by atoms with van der Waals surface area (Å²) in [6.45, 7) is 1.51. The van der Waals surface area contributed by atoms with Gasteiger partial charge in [-0.05, 0) is 19.1 Å². The molecule has 0 saturated heterocycles. The highest BCUT2D eigenvalue weighted by Gasteiger charge is 2.19. The molecule has 5 nitrogen and oxygen atoms in total. The van der Waals surface area contributed by atoms with Crippen LogP contribution in [0.5, 0.6) is 0 Å². The van der Waals surface area contributed by atoms with Crippen LogP contribution in [0.15, 0.2) is 12.1 Å². The van der Waals surface area contributed by atoms with Gasteiger partial charge in [-0.1, -0.05) is 0 Å². The fraction of sp³-hybridized carbons (Fsp3) is 0.200. The lowest BCUT2D eigenvalue weighted by Crippen LogP contribution is -1.99. The standard InChI is InChI=1S/C10H7N3O2/c1-7-9(6-12)3-2-8(4-5-11)10(7)13(14)15/h2-3H,4H2,1H3. The monoisotopic (exact) mass is 201 g/mol. The molecule has 0 aromatic heterocycles. The topological polar surface area (TPSA) is 90.7 Å². The van der Waals surface area contributed by atoms with Gasteiger partial charge in [0.1, 0.15) is 0 Å². The van der Waals surface area contributed by atoms with Crippen LogP contribution in [0.25, 0.3) is 0 Å². The summed E-state index contributed by atoms with van der Waals surface area (Å²) in [7, 11) is 0. The van der Waals surface area contributed by atoms with E-state index in [0.717, 1.165) is 0 Å². The lowest BCUT2D eigenvalue weighted by molar-refractivity contribution is -0.386. The van der Waals surface area contributed by atoms with E-state index < -0.39 is 4.92 Å². The van der Waals surface area contributed by atoms with Crippen LogP contribution in [0.2, 0.25) is 0 Å². The smallest absolute Gasteiger partial charge is 0.258 e. The Hall–Kier alpha value is -2.40. The summed E-state index contributed by atoms with van der Waals surface area (Å²) >= 11 is 0. The quantitative estimate of drug-likeness (QED) is 0.539. The first-order chi connectivity index (χ1) is 7.11. The maximum Gasteiger partial charge on any atom is 0.277 e. The third-order valence-electron chi connectivity index (χ3n) is 2.09. The Morgan fingerprint density at radius 3 is 2.60 bits per heavy atom. The van der Waals surface area contributed by atoms with E-state index in [1.807, 2.05) is 12.1 Å². The van der Waals surface area contributed by atoms with Gasteiger partial charge in [-0.3, -0.25) is 10.1 Å². The van der Waals surface area contributed by atoms with E-state index in [1.54, 1.807) is 0 Å². The van der Waals surface area contributed by atoms with Crippen LogP contribution in [0.1, 0.15) is 16.7 Å². The van der Waals surface area contributed by atoms with E-state index in [0.29, 0.717) is 11.1 Å². The summed E-state index contributed by atoms with van der Waals surface area (Å²) in [5.74, 6) is 0. The first-order valence-corrected chi connectivity index (χ1v) is 4.15. The molecule has 1 rings (SSSR count). The number of nitrogens with zero attached hydrogens (tertiary/aromatic N) is 3. The molecule has 0 N–H and O–H groups in total. The zero-order valence-electron chi connectivity index (χ0n) is 8.02. The molecule has 74 valence electrons. The number of rotatable bonds is 2. The highest BCUT2D eigenvalue weighted by Crippen LogP contribution is 2.26. The number of hydrogen-bond acceptors (Lipinski definition) is 4. The minimum atomic E-state index is -0.553. The summed E-state index contributed by atoms with van der Waals surface area (Å²) in [4.78, 5) is 10.2. The maximum absolute atomic E-state index is 10.8. The van der Waals surface area contributed by atoms with Gasteiger partial charge in [0.25, 0.3) is 5.69 Å². The van der Waals surface area contributed by atoms with Crippen LogP contribution in [0, 0.1) is 39.7 Å². The van der Waals surface area contributed by atoms with Crippen LogP contribution >= 0.6 is 0 Å². The van der Waals surface area contributed by atoms with Crippen molar-refractivity contribution in [2.24, 2.45) is 0 Å². The minimum Gasteiger partial charge on any atom is -0.258 e. The summed E-state index contributed by atoms with van der Waals surface area (Å²) in [6, 6.07) is 6.68. The van der Waals surface area contributed by atoms with E-state index in [9.17, 15) is 10.1 Å². The van der Waals surface area contributed by atoms with Gasteiger partial charge < -0.3 is 0 Å². The Labute approximate surface area is 86.3 Å². The van der Waals surface area contributed by atoms with E-state index in [4.69, 9.17) is 10.5 Å². The molecule has 0 heterocycles. The Morgan fingerprint density at radius 2 is 2.13 bits per heavy atom. The third kappa shape index (κ3) is 1.92. The summed E-state index contributed by atoms with van der Waals surface area (Å²) < 4.78 is 0. The van der Waals surface area contributed by atoms with Crippen LogP contribution in [-0.2, 0) is 6.42 Å². The first-order valence-electron chi connectivity index (χ1n) is 4.15. The van der Waals surface area contributed by atoms with Crippen molar-refractivity contribution in [2.75, 3.05) is 0 Å². The lowest BCUT2D eigenvalue weighted by Gasteiger charge is -2.03. The van der Waals surface area contributed by atoms with Crippen molar-refractivity contribution >= 4 is 5.69 Å². The second-order valence-electron chi connectivity index (χ2n) is 2.95. The summed E-state index contributed by atoms with van der Waals surface area (Å²) in [6.07, 6.45) is -0.0249. The zero-order valence-corrected chi connectivity index (χ0v) is 8.02. The number of nitriles is 2. The predicted molar refractivity (Wildman–Crippen MR) is 51.9 cm³/mol. The Kier molecular flexibility index (Phi) is 3.00. The molecule has 0 radical (unpaired) electrons. The van der Waals surface area contributed by atoms with Gasteiger partial charge in [0, 0.05) is 11.1 Å². The first kappa shape index (κ1) is 10.7.